The Kier molecular flexibility index (Phi) is 9.62. The molecule has 0 saturated heterocycles. The average Bonchev–Trinajstić information content (AvgIpc) is 2.28. The Morgan fingerprint density at radius 2 is 1.53 bits per heavy atom. The van der Waals surface area contributed by atoms with Crippen molar-refractivity contribution in [2.24, 2.45) is 5.41 Å². The lowest BCUT2D eigenvalue weighted by molar-refractivity contribution is 0.120. The lowest BCUT2D eigenvalue weighted by Crippen LogP contribution is -2.43. The van der Waals surface area contributed by atoms with Gasteiger partial charge in [0.05, 0.1) is 0 Å². The average molecular weight is 306 g/mol. The maximum absolute atomic E-state index is 3.78. The van der Waals surface area contributed by atoms with E-state index in [0.29, 0.717) is 11.5 Å². The van der Waals surface area contributed by atoms with E-state index in [1.807, 2.05) is 0 Å². The number of nitrogens with zero attached hydrogens (tertiary/aromatic N) is 1. The normalized spacial score (nSPS) is 12.7. The van der Waals surface area contributed by atoms with E-state index in [1.165, 1.54) is 45.2 Å². The Labute approximate surface area is 117 Å². The molecule has 2 heteroatoms. The molecule has 0 heterocycles. The Balaban J connectivity index is 4.66. The third-order valence-electron chi connectivity index (χ3n) is 3.62. The number of rotatable bonds is 10. The largest absolute Gasteiger partial charge is 0.300 e. The van der Waals surface area contributed by atoms with Crippen LogP contribution in [-0.2, 0) is 0 Å². The molecule has 0 aliphatic heterocycles. The molecule has 0 aromatic carbocycles. The summed E-state index contributed by atoms with van der Waals surface area (Å²) >= 11 is 3.78. The van der Waals surface area contributed by atoms with E-state index in [4.69, 9.17) is 0 Å². The SMILES string of the molecule is CCCN(CC(CBr)(CCC)CCC)C(C)C. The van der Waals surface area contributed by atoms with Gasteiger partial charge in [-0.05, 0) is 45.1 Å². The molecule has 0 aliphatic carbocycles. The summed E-state index contributed by atoms with van der Waals surface area (Å²) in [5.41, 5.74) is 0.489. The van der Waals surface area contributed by atoms with Crippen LogP contribution in [0.25, 0.3) is 0 Å². The van der Waals surface area contributed by atoms with Gasteiger partial charge in [-0.1, -0.05) is 49.5 Å². The molecular formula is C15H32BrN. The van der Waals surface area contributed by atoms with Gasteiger partial charge in [0.25, 0.3) is 0 Å². The van der Waals surface area contributed by atoms with Crippen LogP contribution in [0.5, 0.6) is 0 Å². The first-order valence-electron chi connectivity index (χ1n) is 7.35. The van der Waals surface area contributed by atoms with E-state index in [0.717, 1.165) is 5.33 Å². The fraction of sp³-hybridized carbons (Fsp3) is 1.00. The van der Waals surface area contributed by atoms with Crippen LogP contribution in [0.2, 0.25) is 0 Å². The van der Waals surface area contributed by atoms with Crippen molar-refractivity contribution in [3.05, 3.63) is 0 Å². The fourth-order valence-corrected chi connectivity index (χ4v) is 3.50. The molecular weight excluding hydrogens is 274 g/mol. The quantitative estimate of drug-likeness (QED) is 0.508. The van der Waals surface area contributed by atoms with Crippen molar-refractivity contribution >= 4 is 15.9 Å². The first-order valence-corrected chi connectivity index (χ1v) is 8.47. The van der Waals surface area contributed by atoms with Crippen LogP contribution >= 0.6 is 15.9 Å². The van der Waals surface area contributed by atoms with Gasteiger partial charge in [0.2, 0.25) is 0 Å². The van der Waals surface area contributed by atoms with E-state index in [1.54, 1.807) is 0 Å². The standard InChI is InChI=1S/C15H32BrN/c1-6-9-15(12-16,10-7-2)13-17(11-8-3)14(4)5/h14H,6-13H2,1-5H3. The highest BCUT2D eigenvalue weighted by molar-refractivity contribution is 9.09. The van der Waals surface area contributed by atoms with Crippen LogP contribution < -0.4 is 0 Å². The Morgan fingerprint density at radius 1 is 1.00 bits per heavy atom. The van der Waals surface area contributed by atoms with Crippen LogP contribution in [0.3, 0.4) is 0 Å². The lowest BCUT2D eigenvalue weighted by atomic mass is 9.80. The molecule has 0 aromatic heterocycles. The Morgan fingerprint density at radius 3 is 1.82 bits per heavy atom. The summed E-state index contributed by atoms with van der Waals surface area (Å²) in [6, 6.07) is 0.669. The van der Waals surface area contributed by atoms with Crippen molar-refractivity contribution in [3.63, 3.8) is 0 Å². The molecule has 0 aromatic rings. The number of hydrogen-bond acceptors (Lipinski definition) is 1. The van der Waals surface area contributed by atoms with Gasteiger partial charge < -0.3 is 4.90 Å². The smallest absolute Gasteiger partial charge is 0.0100 e. The Hall–Kier alpha value is 0.440. The summed E-state index contributed by atoms with van der Waals surface area (Å²) < 4.78 is 0. The molecule has 0 bridgehead atoms. The van der Waals surface area contributed by atoms with E-state index >= 15 is 0 Å². The summed E-state index contributed by atoms with van der Waals surface area (Å²) in [7, 11) is 0. The van der Waals surface area contributed by atoms with Crippen molar-refractivity contribution in [2.45, 2.75) is 72.8 Å². The van der Waals surface area contributed by atoms with Gasteiger partial charge in [-0.2, -0.15) is 0 Å². The van der Waals surface area contributed by atoms with Gasteiger partial charge in [0.15, 0.2) is 0 Å². The molecule has 0 N–H and O–H groups in total. The molecule has 0 amide bonds. The monoisotopic (exact) mass is 305 g/mol. The second kappa shape index (κ2) is 9.38. The molecule has 104 valence electrons. The highest BCUT2D eigenvalue weighted by Crippen LogP contribution is 2.33. The highest BCUT2D eigenvalue weighted by atomic mass is 79.9. The zero-order valence-corrected chi connectivity index (χ0v) is 14.1. The third-order valence-corrected chi connectivity index (χ3v) is 4.81. The van der Waals surface area contributed by atoms with Crippen molar-refractivity contribution in [2.75, 3.05) is 18.4 Å². The van der Waals surface area contributed by atoms with Gasteiger partial charge in [-0.25, -0.2) is 0 Å². The minimum atomic E-state index is 0.489. The first kappa shape index (κ1) is 17.4. The Bertz CT molecular complexity index is 174. The minimum absolute atomic E-state index is 0.489. The van der Waals surface area contributed by atoms with Crippen molar-refractivity contribution in [3.8, 4) is 0 Å². The lowest BCUT2D eigenvalue weighted by Gasteiger charge is -2.39. The van der Waals surface area contributed by atoms with E-state index < -0.39 is 0 Å². The number of halogens is 1. The van der Waals surface area contributed by atoms with Crippen molar-refractivity contribution in [1.82, 2.24) is 4.90 Å². The molecule has 0 fully saturated rings. The van der Waals surface area contributed by atoms with Crippen LogP contribution in [-0.4, -0.2) is 29.4 Å². The van der Waals surface area contributed by atoms with Crippen LogP contribution in [0, 0.1) is 5.41 Å². The minimum Gasteiger partial charge on any atom is -0.300 e. The molecule has 0 aliphatic rings. The first-order chi connectivity index (χ1) is 8.05. The van der Waals surface area contributed by atoms with Gasteiger partial charge in [-0.15, -0.1) is 0 Å². The second-order valence-electron chi connectivity index (χ2n) is 5.70. The van der Waals surface area contributed by atoms with Gasteiger partial charge in [0.1, 0.15) is 0 Å². The van der Waals surface area contributed by atoms with Gasteiger partial charge in [0, 0.05) is 17.9 Å². The van der Waals surface area contributed by atoms with Gasteiger partial charge >= 0.3 is 0 Å². The van der Waals surface area contributed by atoms with Crippen molar-refractivity contribution < 1.29 is 0 Å². The topological polar surface area (TPSA) is 3.24 Å². The molecule has 0 saturated carbocycles. The molecule has 1 nitrogen and oxygen atoms in total. The zero-order valence-electron chi connectivity index (χ0n) is 12.6. The summed E-state index contributed by atoms with van der Waals surface area (Å²) in [5, 5.41) is 1.15. The summed E-state index contributed by atoms with van der Waals surface area (Å²) in [6.45, 7) is 14.1. The third kappa shape index (κ3) is 6.24. The van der Waals surface area contributed by atoms with E-state index in [-0.39, 0.29) is 0 Å². The summed E-state index contributed by atoms with van der Waals surface area (Å²) in [6.07, 6.45) is 6.54. The van der Waals surface area contributed by atoms with Crippen LogP contribution in [0.15, 0.2) is 0 Å². The molecule has 0 rings (SSSR count). The van der Waals surface area contributed by atoms with Crippen molar-refractivity contribution in [1.29, 1.82) is 0 Å². The molecule has 17 heavy (non-hydrogen) atoms. The molecule has 0 unspecified atom stereocenters. The van der Waals surface area contributed by atoms with Crippen LogP contribution in [0.1, 0.15) is 66.7 Å². The van der Waals surface area contributed by atoms with Gasteiger partial charge in [-0.3, -0.25) is 0 Å². The summed E-state index contributed by atoms with van der Waals surface area (Å²) in [5.74, 6) is 0. The fourth-order valence-electron chi connectivity index (χ4n) is 2.76. The summed E-state index contributed by atoms with van der Waals surface area (Å²) in [4.78, 5) is 2.66. The maximum Gasteiger partial charge on any atom is 0.0100 e. The maximum atomic E-state index is 3.78. The number of hydrogen-bond donors (Lipinski definition) is 0. The predicted octanol–water partition coefficient (Wildman–Crippen LogP) is 5.09. The molecule has 0 spiro atoms. The zero-order chi connectivity index (χ0) is 13.3. The van der Waals surface area contributed by atoms with E-state index in [9.17, 15) is 0 Å². The second-order valence-corrected chi connectivity index (χ2v) is 6.26. The van der Waals surface area contributed by atoms with E-state index in [2.05, 4.69) is 55.4 Å². The highest BCUT2D eigenvalue weighted by Gasteiger charge is 2.30. The predicted molar refractivity (Wildman–Crippen MR) is 83.0 cm³/mol. The number of alkyl halides is 1. The van der Waals surface area contributed by atoms with Crippen LogP contribution in [0.4, 0.5) is 0 Å². The molecule has 0 radical (unpaired) electrons. The molecule has 0 atom stereocenters.